The first-order chi connectivity index (χ1) is 17.4. The van der Waals surface area contributed by atoms with Gasteiger partial charge in [-0.25, -0.2) is 0 Å². The number of carbonyl (C=O) groups excluding carboxylic acids is 4. The van der Waals surface area contributed by atoms with Gasteiger partial charge in [-0.1, -0.05) is 23.7 Å². The molecule has 3 rings (SSSR count). The highest BCUT2D eigenvalue weighted by atomic mass is 35.5. The molecule has 0 spiro atoms. The lowest BCUT2D eigenvalue weighted by molar-refractivity contribution is -0.254. The van der Waals surface area contributed by atoms with Gasteiger partial charge in [0, 0.05) is 48.9 Å². The van der Waals surface area contributed by atoms with Crippen LogP contribution in [0.3, 0.4) is 0 Å². The van der Waals surface area contributed by atoms with Crippen LogP contribution in [0.5, 0.6) is 0 Å². The fourth-order valence-corrected chi connectivity index (χ4v) is 5.27. The quantitative estimate of drug-likeness (QED) is 0.352. The Hall–Kier alpha value is -2.95. The fraction of sp³-hybridized carbons (Fsp3) is 0.462. The molecule has 1 aromatic heterocycles. The van der Waals surface area contributed by atoms with E-state index in [-0.39, 0.29) is 6.61 Å². The first-order valence-corrected chi connectivity index (χ1v) is 12.8. The molecule has 3 unspecified atom stereocenters. The van der Waals surface area contributed by atoms with Crippen molar-refractivity contribution in [1.29, 1.82) is 0 Å². The summed E-state index contributed by atoms with van der Waals surface area (Å²) < 4.78 is 27.9. The molecule has 2 aromatic rings. The Labute approximate surface area is 223 Å². The standard InChI is InChI=1S/C26H29ClO9S/c1-13-6-8-20(37-13)11-19-10-18(7-9-21(19)27)23-25(34-16(4)30)26(35-17(5)31)24(33-15(3)29)22(36-23)12-32-14(2)28/h6-10,22-26H,11-12H2,1-5H3/t22?,23?,24-,25+,26?/m1/s1. The van der Waals surface area contributed by atoms with Crippen LogP contribution >= 0.6 is 22.9 Å². The molecule has 9 nitrogen and oxygen atoms in total. The van der Waals surface area contributed by atoms with E-state index in [1.165, 1.54) is 32.6 Å². The summed E-state index contributed by atoms with van der Waals surface area (Å²) in [5.74, 6) is -2.60. The van der Waals surface area contributed by atoms with E-state index in [0.717, 1.165) is 10.4 Å². The lowest BCUT2D eigenvalue weighted by Crippen LogP contribution is -2.59. The summed E-state index contributed by atoms with van der Waals surface area (Å²) in [4.78, 5) is 49.9. The van der Waals surface area contributed by atoms with E-state index in [9.17, 15) is 19.2 Å². The van der Waals surface area contributed by atoms with Crippen molar-refractivity contribution in [3.05, 3.63) is 56.2 Å². The Morgan fingerprint density at radius 1 is 0.865 bits per heavy atom. The van der Waals surface area contributed by atoms with Crippen LogP contribution in [0.25, 0.3) is 0 Å². The van der Waals surface area contributed by atoms with E-state index < -0.39 is 54.4 Å². The van der Waals surface area contributed by atoms with E-state index in [0.29, 0.717) is 17.0 Å². The lowest BCUT2D eigenvalue weighted by atomic mass is 9.89. The van der Waals surface area contributed by atoms with Gasteiger partial charge < -0.3 is 23.7 Å². The zero-order valence-electron chi connectivity index (χ0n) is 21.1. The van der Waals surface area contributed by atoms with Gasteiger partial charge in [-0.3, -0.25) is 19.2 Å². The fourth-order valence-electron chi connectivity index (χ4n) is 4.17. The van der Waals surface area contributed by atoms with Crippen molar-refractivity contribution in [2.75, 3.05) is 6.61 Å². The van der Waals surface area contributed by atoms with Crippen molar-refractivity contribution in [2.24, 2.45) is 0 Å². The van der Waals surface area contributed by atoms with Gasteiger partial charge in [0.1, 0.15) is 18.8 Å². The summed E-state index contributed by atoms with van der Waals surface area (Å²) >= 11 is 8.15. The maximum atomic E-state index is 12.1. The molecule has 0 aliphatic carbocycles. The van der Waals surface area contributed by atoms with E-state index in [1.807, 2.05) is 25.1 Å². The molecule has 1 fully saturated rings. The molecule has 1 aromatic carbocycles. The SMILES string of the molecule is CC(=O)OCC1OC(c2ccc(Cl)c(Cc3ccc(C)s3)c2)[C@H](OC(C)=O)C(OC(C)=O)[C@@H]1OC(C)=O. The average molecular weight is 553 g/mol. The summed E-state index contributed by atoms with van der Waals surface area (Å²) in [5.41, 5.74) is 1.40. The molecule has 2 heterocycles. The van der Waals surface area contributed by atoms with E-state index >= 15 is 0 Å². The minimum atomic E-state index is -1.23. The molecule has 0 N–H and O–H groups in total. The molecule has 37 heavy (non-hydrogen) atoms. The average Bonchev–Trinajstić information content (AvgIpc) is 3.20. The maximum Gasteiger partial charge on any atom is 0.303 e. The highest BCUT2D eigenvalue weighted by Crippen LogP contribution is 2.39. The second kappa shape index (κ2) is 12.5. The largest absolute Gasteiger partial charge is 0.463 e. The van der Waals surface area contributed by atoms with E-state index in [2.05, 4.69) is 0 Å². The highest BCUT2D eigenvalue weighted by Gasteiger charge is 2.52. The van der Waals surface area contributed by atoms with Gasteiger partial charge in [0.15, 0.2) is 18.3 Å². The Morgan fingerprint density at radius 3 is 2.05 bits per heavy atom. The maximum absolute atomic E-state index is 12.1. The van der Waals surface area contributed by atoms with Crippen LogP contribution in [0.15, 0.2) is 30.3 Å². The predicted molar refractivity (Wildman–Crippen MR) is 134 cm³/mol. The van der Waals surface area contributed by atoms with Gasteiger partial charge in [-0.15, -0.1) is 11.3 Å². The first-order valence-electron chi connectivity index (χ1n) is 11.6. The summed E-state index contributed by atoms with van der Waals surface area (Å²) in [6.45, 7) is 6.53. The van der Waals surface area contributed by atoms with E-state index in [4.69, 9.17) is 35.3 Å². The minimum Gasteiger partial charge on any atom is -0.463 e. The minimum absolute atomic E-state index is 0.288. The summed E-state index contributed by atoms with van der Waals surface area (Å²) in [5, 5.41) is 0.542. The second-order valence-electron chi connectivity index (χ2n) is 8.66. The Bertz CT molecular complexity index is 1160. The molecule has 1 aliphatic heterocycles. The number of hydrogen-bond acceptors (Lipinski definition) is 10. The number of thiophene rings is 1. The zero-order valence-corrected chi connectivity index (χ0v) is 22.7. The molecule has 200 valence electrons. The van der Waals surface area contributed by atoms with Crippen LogP contribution in [-0.2, 0) is 49.3 Å². The van der Waals surface area contributed by atoms with Crippen LogP contribution in [0.1, 0.15) is 54.7 Å². The van der Waals surface area contributed by atoms with Crippen molar-refractivity contribution in [2.45, 2.75) is 71.6 Å². The van der Waals surface area contributed by atoms with Crippen LogP contribution in [0.2, 0.25) is 5.02 Å². The van der Waals surface area contributed by atoms with Crippen molar-refractivity contribution in [3.63, 3.8) is 0 Å². The second-order valence-corrected chi connectivity index (χ2v) is 10.4. The van der Waals surface area contributed by atoms with Gasteiger partial charge >= 0.3 is 23.9 Å². The number of esters is 4. The third kappa shape index (κ3) is 7.77. The van der Waals surface area contributed by atoms with Crippen molar-refractivity contribution >= 4 is 46.8 Å². The Morgan fingerprint density at radius 2 is 1.49 bits per heavy atom. The number of halogens is 1. The number of hydrogen-bond donors (Lipinski definition) is 0. The predicted octanol–water partition coefficient (Wildman–Crippen LogP) is 4.10. The lowest BCUT2D eigenvalue weighted by Gasteiger charge is -2.44. The molecule has 1 aliphatic rings. The third-order valence-corrected chi connectivity index (χ3v) is 6.92. The highest BCUT2D eigenvalue weighted by molar-refractivity contribution is 7.11. The Kier molecular flexibility index (Phi) is 9.69. The summed E-state index contributed by atoms with van der Waals surface area (Å²) in [6.07, 6.45) is -5.02. The topological polar surface area (TPSA) is 114 Å². The summed E-state index contributed by atoms with van der Waals surface area (Å²) in [6, 6.07) is 9.31. The molecule has 0 radical (unpaired) electrons. The van der Waals surface area contributed by atoms with Crippen molar-refractivity contribution in [1.82, 2.24) is 0 Å². The molecular weight excluding hydrogens is 524 g/mol. The van der Waals surface area contributed by atoms with Gasteiger partial charge in [-0.2, -0.15) is 0 Å². The van der Waals surface area contributed by atoms with Crippen LogP contribution in [-0.4, -0.2) is 54.9 Å². The van der Waals surface area contributed by atoms with Crippen molar-refractivity contribution in [3.8, 4) is 0 Å². The molecule has 1 saturated heterocycles. The third-order valence-electron chi connectivity index (χ3n) is 5.55. The normalized spacial score (nSPS) is 23.1. The molecule has 0 saturated carbocycles. The van der Waals surface area contributed by atoms with Gasteiger partial charge in [0.2, 0.25) is 0 Å². The number of aryl methyl sites for hydroxylation is 1. The smallest absolute Gasteiger partial charge is 0.303 e. The van der Waals surface area contributed by atoms with Gasteiger partial charge in [0.25, 0.3) is 0 Å². The Balaban J connectivity index is 2.06. The number of benzene rings is 1. The molecule has 0 bridgehead atoms. The molecule has 11 heteroatoms. The molecule has 5 atom stereocenters. The van der Waals surface area contributed by atoms with E-state index in [1.54, 1.807) is 23.5 Å². The monoisotopic (exact) mass is 552 g/mol. The van der Waals surface area contributed by atoms with Crippen LogP contribution in [0.4, 0.5) is 0 Å². The van der Waals surface area contributed by atoms with Crippen LogP contribution in [0, 0.1) is 6.92 Å². The summed E-state index contributed by atoms with van der Waals surface area (Å²) in [7, 11) is 0. The van der Waals surface area contributed by atoms with Crippen molar-refractivity contribution < 1.29 is 42.9 Å². The number of rotatable bonds is 8. The first kappa shape index (κ1) is 28.6. The van der Waals surface area contributed by atoms with Gasteiger partial charge in [0.05, 0.1) is 0 Å². The van der Waals surface area contributed by atoms with Gasteiger partial charge in [-0.05, 0) is 36.2 Å². The molecule has 0 amide bonds. The van der Waals surface area contributed by atoms with Crippen LogP contribution < -0.4 is 0 Å². The number of carbonyl (C=O) groups is 4. The molecular formula is C26H29ClO9S. The number of ether oxygens (including phenoxy) is 5. The zero-order chi connectivity index (χ0) is 27.3.